The molecule has 2 nitrogen and oxygen atoms in total. The summed E-state index contributed by atoms with van der Waals surface area (Å²) in [7, 11) is 0. The van der Waals surface area contributed by atoms with E-state index in [1.54, 1.807) is 0 Å². The van der Waals surface area contributed by atoms with Gasteiger partial charge in [0, 0.05) is 23.1 Å². The fourth-order valence-corrected chi connectivity index (χ4v) is 7.35. The van der Waals surface area contributed by atoms with Gasteiger partial charge in [-0.1, -0.05) is 37.6 Å². The van der Waals surface area contributed by atoms with E-state index in [9.17, 15) is 0 Å². The van der Waals surface area contributed by atoms with E-state index >= 15 is 0 Å². The van der Waals surface area contributed by atoms with E-state index in [0.29, 0.717) is 30.6 Å². The third kappa shape index (κ3) is 2.67. The van der Waals surface area contributed by atoms with E-state index < -0.39 is 13.4 Å². The lowest BCUT2D eigenvalue weighted by atomic mass is 9.47. The first-order valence-corrected chi connectivity index (χ1v) is 10.9. The lowest BCUT2D eigenvalue weighted by Crippen LogP contribution is -2.50. The van der Waals surface area contributed by atoms with Crippen LogP contribution in [0, 0.1) is 28.6 Å². The van der Waals surface area contributed by atoms with Gasteiger partial charge in [0.1, 0.15) is 0 Å². The quantitative estimate of drug-likeness (QED) is 0.561. The molecule has 1 aromatic heterocycles. The Bertz CT molecular complexity index is 971. The van der Waals surface area contributed by atoms with E-state index in [-0.39, 0.29) is 16.9 Å². The Labute approximate surface area is 177 Å². The maximum absolute atomic E-state index is 7.89. The molecular weight excluding hydrogens is 342 g/mol. The van der Waals surface area contributed by atoms with Crippen molar-refractivity contribution >= 4 is 5.57 Å². The van der Waals surface area contributed by atoms with Crippen LogP contribution in [0.25, 0.3) is 5.57 Å². The Hall–Kier alpha value is -1.41. The van der Waals surface area contributed by atoms with Gasteiger partial charge in [0.25, 0.3) is 0 Å². The number of fused-ring (bicyclic) bond motifs is 5. The monoisotopic (exact) mass is 382 g/mol. The van der Waals surface area contributed by atoms with E-state index in [2.05, 4.69) is 37.0 Å². The van der Waals surface area contributed by atoms with Crippen LogP contribution in [0.15, 0.2) is 42.3 Å². The molecule has 150 valence electrons. The maximum Gasteiger partial charge on any atom is 0.0612 e. The topological polar surface area (TPSA) is 22.1 Å². The maximum atomic E-state index is 7.89. The minimum absolute atomic E-state index is 0.105. The number of ether oxygens (including phenoxy) is 1. The van der Waals surface area contributed by atoms with Crippen LogP contribution < -0.4 is 0 Å². The summed E-state index contributed by atoms with van der Waals surface area (Å²) >= 11 is 0. The first kappa shape index (κ1) is 13.7. The van der Waals surface area contributed by atoms with Gasteiger partial charge < -0.3 is 4.74 Å². The molecule has 28 heavy (non-hydrogen) atoms. The van der Waals surface area contributed by atoms with Crippen molar-refractivity contribution in [1.29, 1.82) is 0 Å². The Morgan fingerprint density at radius 1 is 1.18 bits per heavy atom. The van der Waals surface area contributed by atoms with E-state index in [4.69, 9.17) is 11.6 Å². The second-order valence-electron chi connectivity index (χ2n) is 9.90. The summed E-state index contributed by atoms with van der Waals surface area (Å²) in [5.41, 5.74) is 4.40. The van der Waals surface area contributed by atoms with Gasteiger partial charge in [-0.25, -0.2) is 0 Å². The molecule has 0 unspecified atom stereocenters. The van der Waals surface area contributed by atoms with E-state index in [1.807, 2.05) is 18.5 Å². The van der Waals surface area contributed by atoms with Crippen LogP contribution in [-0.2, 0) is 4.74 Å². The van der Waals surface area contributed by atoms with Crippen molar-refractivity contribution in [3.05, 3.63) is 47.8 Å². The number of hydrogen-bond donors (Lipinski definition) is 0. The molecule has 0 radical (unpaired) electrons. The zero-order valence-corrected chi connectivity index (χ0v) is 17.1. The predicted octanol–water partition coefficient (Wildman–Crippen LogP) is 6.44. The molecule has 0 bridgehead atoms. The van der Waals surface area contributed by atoms with Gasteiger partial charge in [-0.15, -0.1) is 0 Å². The first-order chi connectivity index (χ1) is 15.5. The van der Waals surface area contributed by atoms with E-state index in [1.165, 1.54) is 29.6 Å². The summed E-state index contributed by atoms with van der Waals surface area (Å²) in [6, 6.07) is 4.22. The first-order valence-electron chi connectivity index (χ1n) is 13.4. The molecule has 0 N–H and O–H groups in total. The number of allylic oxidation sites excluding steroid dienone is 3. The van der Waals surface area contributed by atoms with Gasteiger partial charge in [0.15, 0.2) is 0 Å². The lowest BCUT2D eigenvalue weighted by molar-refractivity contribution is -0.0366. The zero-order valence-electron chi connectivity index (χ0n) is 22.1. The van der Waals surface area contributed by atoms with Crippen LogP contribution in [0.2, 0.25) is 0 Å². The number of nitrogens with zero attached hydrogens (tertiary/aromatic N) is 1. The molecule has 2 saturated carbocycles. The lowest BCUT2D eigenvalue weighted by Gasteiger charge is -2.58. The Morgan fingerprint density at radius 3 is 2.89 bits per heavy atom. The average Bonchev–Trinajstić information content (AvgIpc) is 3.11. The van der Waals surface area contributed by atoms with Crippen molar-refractivity contribution in [3.63, 3.8) is 0 Å². The summed E-state index contributed by atoms with van der Waals surface area (Å²) in [5.74, 6) is 1.91. The van der Waals surface area contributed by atoms with Crippen molar-refractivity contribution in [1.82, 2.24) is 4.98 Å². The van der Waals surface area contributed by atoms with Crippen LogP contribution in [0.1, 0.15) is 78.1 Å². The SMILES string of the molecule is [2H]C([2H])([2H])C([2H])([2H])O[C@H]1CC[C@@]2(C)C(=CC[C@@H]3[C@@H]2CC[C@]2(C)C(c4cccnc4)=CC[C@@H]32)C1. The summed E-state index contributed by atoms with van der Waals surface area (Å²) in [6.07, 6.45) is 15.2. The van der Waals surface area contributed by atoms with Gasteiger partial charge in [-0.3, -0.25) is 4.98 Å². The second-order valence-corrected chi connectivity index (χ2v) is 9.90. The minimum Gasteiger partial charge on any atom is -0.378 e. The summed E-state index contributed by atoms with van der Waals surface area (Å²) in [4.78, 5) is 4.37. The third-order valence-electron chi connectivity index (χ3n) is 8.84. The normalized spacial score (nSPS) is 45.7. The van der Waals surface area contributed by atoms with Crippen molar-refractivity contribution in [2.75, 3.05) is 6.56 Å². The van der Waals surface area contributed by atoms with Crippen LogP contribution >= 0.6 is 0 Å². The zero-order chi connectivity index (χ0) is 23.6. The summed E-state index contributed by atoms with van der Waals surface area (Å²) in [6.45, 7) is -0.511. The third-order valence-corrected chi connectivity index (χ3v) is 8.84. The Morgan fingerprint density at radius 2 is 2.07 bits per heavy atom. The van der Waals surface area contributed by atoms with Crippen LogP contribution in [0.3, 0.4) is 0 Å². The van der Waals surface area contributed by atoms with Gasteiger partial charge in [-0.05, 0) is 97.6 Å². The minimum atomic E-state index is -2.77. The highest BCUT2D eigenvalue weighted by Crippen LogP contribution is 2.66. The number of hydrogen-bond acceptors (Lipinski definition) is 2. The number of rotatable bonds is 3. The summed E-state index contributed by atoms with van der Waals surface area (Å²) in [5, 5.41) is 0. The van der Waals surface area contributed by atoms with Gasteiger partial charge in [0.2, 0.25) is 0 Å². The van der Waals surface area contributed by atoms with E-state index in [0.717, 1.165) is 19.3 Å². The molecule has 4 aliphatic rings. The molecule has 0 aliphatic heterocycles. The average molecular weight is 383 g/mol. The van der Waals surface area contributed by atoms with Crippen molar-refractivity contribution in [2.45, 2.75) is 71.7 Å². The Kier molecular flexibility index (Phi) is 3.35. The fraction of sp³-hybridized carbons (Fsp3) is 0.654. The molecule has 6 atom stereocenters. The number of aromatic nitrogens is 1. The van der Waals surface area contributed by atoms with Crippen LogP contribution in [0.4, 0.5) is 0 Å². The van der Waals surface area contributed by atoms with Gasteiger partial charge in [-0.2, -0.15) is 0 Å². The molecule has 0 saturated heterocycles. The molecule has 0 amide bonds. The fourth-order valence-electron chi connectivity index (χ4n) is 7.35. The molecule has 1 heterocycles. The largest absolute Gasteiger partial charge is 0.378 e. The van der Waals surface area contributed by atoms with Crippen molar-refractivity contribution in [2.24, 2.45) is 28.6 Å². The predicted molar refractivity (Wildman–Crippen MR) is 115 cm³/mol. The molecule has 0 aromatic carbocycles. The molecule has 1 aromatic rings. The molecule has 2 fully saturated rings. The van der Waals surface area contributed by atoms with Gasteiger partial charge >= 0.3 is 0 Å². The van der Waals surface area contributed by atoms with Crippen LogP contribution in [-0.4, -0.2) is 17.6 Å². The molecule has 4 aliphatic carbocycles. The highest BCUT2D eigenvalue weighted by Gasteiger charge is 2.56. The summed E-state index contributed by atoms with van der Waals surface area (Å²) < 4.78 is 43.7. The number of pyridine rings is 1. The molecular formula is C26H35NO. The molecule has 5 rings (SSSR count). The molecule has 0 spiro atoms. The highest BCUT2D eigenvalue weighted by atomic mass is 16.5. The second kappa shape index (κ2) is 6.83. The standard InChI is InChI=1S/C26H35NO/c1-4-28-20-11-13-25(2)19(16-20)7-8-21-23-10-9-22(18-6-5-15-27-17-18)26(23,3)14-12-24(21)25/h5-7,9,15,17,20-21,23-24H,4,8,10-14,16H2,1-3H3/t20-,21-,23-,24-,25-,26+/m0/s1/i1D3,4D2. The Balaban J connectivity index is 1.36. The highest BCUT2D eigenvalue weighted by molar-refractivity contribution is 5.72. The van der Waals surface area contributed by atoms with Crippen LogP contribution in [0.5, 0.6) is 0 Å². The van der Waals surface area contributed by atoms with Gasteiger partial charge in [0.05, 0.1) is 8.85 Å². The van der Waals surface area contributed by atoms with Crippen molar-refractivity contribution in [3.8, 4) is 0 Å². The molecule has 2 heteroatoms. The smallest absolute Gasteiger partial charge is 0.0612 e. The van der Waals surface area contributed by atoms with Crippen molar-refractivity contribution < 1.29 is 11.6 Å².